The lowest BCUT2D eigenvalue weighted by Gasteiger charge is -2.10. The number of oxime groups is 1. The average molecular weight is 271 g/mol. The van der Waals surface area contributed by atoms with E-state index in [4.69, 9.17) is 10.9 Å². The highest BCUT2D eigenvalue weighted by Crippen LogP contribution is 2.12. The van der Waals surface area contributed by atoms with E-state index in [1.54, 1.807) is 6.92 Å². The van der Waals surface area contributed by atoms with E-state index in [1.165, 1.54) is 0 Å². The summed E-state index contributed by atoms with van der Waals surface area (Å²) in [5, 5.41) is 18.0. The van der Waals surface area contributed by atoms with Gasteiger partial charge in [-0.1, -0.05) is 29.9 Å². The number of hydrogen-bond donors (Lipinski definition) is 3. The van der Waals surface area contributed by atoms with Gasteiger partial charge in [-0.3, -0.25) is 4.79 Å². The summed E-state index contributed by atoms with van der Waals surface area (Å²) in [7, 11) is 0. The van der Waals surface area contributed by atoms with Crippen LogP contribution in [-0.4, -0.2) is 33.1 Å². The lowest BCUT2D eigenvalue weighted by molar-refractivity contribution is 0.0954. The summed E-state index contributed by atoms with van der Waals surface area (Å²) < 4.78 is 3.78. The average Bonchev–Trinajstić information content (AvgIpc) is 2.83. The van der Waals surface area contributed by atoms with E-state index >= 15 is 0 Å². The highest BCUT2D eigenvalue weighted by Gasteiger charge is 2.17. The van der Waals surface area contributed by atoms with Crippen LogP contribution in [0.4, 0.5) is 0 Å². The van der Waals surface area contributed by atoms with E-state index in [-0.39, 0.29) is 17.7 Å². The molecule has 0 aliphatic heterocycles. The second-order valence-corrected chi connectivity index (χ2v) is 4.69. The van der Waals surface area contributed by atoms with Crippen LogP contribution in [0, 0.1) is 5.92 Å². The molecule has 0 spiro atoms. The fourth-order valence-electron chi connectivity index (χ4n) is 1.31. The number of nitrogens with two attached hydrogens (primary N) is 1. The van der Waals surface area contributed by atoms with Gasteiger partial charge in [0.15, 0.2) is 0 Å². The minimum atomic E-state index is -0.227. The van der Waals surface area contributed by atoms with Gasteiger partial charge in [0.2, 0.25) is 0 Å². The summed E-state index contributed by atoms with van der Waals surface area (Å²) >= 11 is 1.08. The smallest absolute Gasteiger partial charge is 0.264 e. The number of nitrogens with one attached hydrogen (secondary N) is 1. The highest BCUT2D eigenvalue weighted by molar-refractivity contribution is 7.08. The fraction of sp³-hybridized carbons (Fsp3) is 0.600. The molecule has 0 saturated carbocycles. The summed E-state index contributed by atoms with van der Waals surface area (Å²) in [4.78, 5) is 12.4. The molecule has 7 nitrogen and oxygen atoms in total. The Morgan fingerprint density at radius 3 is 3.00 bits per heavy atom. The molecule has 0 fully saturated rings. The first-order valence-electron chi connectivity index (χ1n) is 5.67. The van der Waals surface area contributed by atoms with E-state index in [0.29, 0.717) is 11.4 Å². The first-order chi connectivity index (χ1) is 8.60. The van der Waals surface area contributed by atoms with Crippen molar-refractivity contribution in [3.05, 3.63) is 10.6 Å². The Morgan fingerprint density at radius 1 is 1.67 bits per heavy atom. The van der Waals surface area contributed by atoms with Gasteiger partial charge in [0.05, 0.1) is 5.69 Å². The van der Waals surface area contributed by atoms with Gasteiger partial charge in [0.25, 0.3) is 5.91 Å². The first kappa shape index (κ1) is 14.4. The lowest BCUT2D eigenvalue weighted by Crippen LogP contribution is -2.34. The van der Waals surface area contributed by atoms with Crippen LogP contribution in [0.1, 0.15) is 35.6 Å². The third-order valence-electron chi connectivity index (χ3n) is 2.44. The molecule has 0 bridgehead atoms. The van der Waals surface area contributed by atoms with Crippen molar-refractivity contribution in [2.75, 3.05) is 6.54 Å². The molecule has 0 radical (unpaired) electrons. The quantitative estimate of drug-likeness (QED) is 0.303. The largest absolute Gasteiger partial charge is 0.409 e. The van der Waals surface area contributed by atoms with Crippen LogP contribution < -0.4 is 11.1 Å². The van der Waals surface area contributed by atoms with Gasteiger partial charge in [0, 0.05) is 12.5 Å². The molecule has 0 aliphatic rings. The van der Waals surface area contributed by atoms with Crippen molar-refractivity contribution < 1.29 is 10.0 Å². The van der Waals surface area contributed by atoms with Gasteiger partial charge in [-0.2, -0.15) is 0 Å². The van der Waals surface area contributed by atoms with Crippen LogP contribution >= 0.6 is 11.5 Å². The summed E-state index contributed by atoms with van der Waals surface area (Å²) in [5.74, 6) is -0.355. The Morgan fingerprint density at radius 2 is 2.39 bits per heavy atom. The van der Waals surface area contributed by atoms with Crippen LogP contribution in [0.15, 0.2) is 5.16 Å². The molecule has 1 aromatic heterocycles. The summed E-state index contributed by atoms with van der Waals surface area (Å²) in [6.45, 7) is 4.08. The van der Waals surface area contributed by atoms with Gasteiger partial charge in [0.1, 0.15) is 10.7 Å². The molecule has 0 saturated heterocycles. The zero-order valence-corrected chi connectivity index (χ0v) is 11.2. The monoisotopic (exact) mass is 271 g/mol. The van der Waals surface area contributed by atoms with Crippen molar-refractivity contribution in [1.82, 2.24) is 14.9 Å². The maximum atomic E-state index is 11.9. The molecule has 100 valence electrons. The number of aryl methyl sites for hydroxylation is 1. The summed E-state index contributed by atoms with van der Waals surface area (Å²) in [5.41, 5.74) is 6.14. The van der Waals surface area contributed by atoms with Crippen LogP contribution in [0.25, 0.3) is 0 Å². The molecule has 1 rings (SSSR count). The van der Waals surface area contributed by atoms with Gasteiger partial charge in [-0.25, -0.2) is 0 Å². The SMILES string of the molecule is CCCc1nnsc1C(=O)NCC(C)C(N)=NO. The molecule has 1 aromatic rings. The number of amidine groups is 1. The standard InChI is InChI=1S/C10H17N5O2S/c1-3-4-7-8(18-15-13-7)10(16)12-5-6(2)9(11)14-17/h6,17H,3-5H2,1-2H3,(H2,11,14)(H,12,16). The number of carbonyl (C=O) groups is 1. The van der Waals surface area contributed by atoms with Crippen molar-refractivity contribution in [3.8, 4) is 0 Å². The summed E-state index contributed by atoms with van der Waals surface area (Å²) in [6, 6.07) is 0. The number of hydrogen-bond acceptors (Lipinski definition) is 6. The van der Waals surface area contributed by atoms with Gasteiger partial charge in [-0.05, 0) is 18.0 Å². The molecule has 4 N–H and O–H groups in total. The van der Waals surface area contributed by atoms with E-state index in [0.717, 1.165) is 30.1 Å². The molecular weight excluding hydrogens is 254 g/mol. The molecule has 0 aliphatic carbocycles. The normalized spacial score (nSPS) is 13.3. The third kappa shape index (κ3) is 3.66. The number of carbonyl (C=O) groups excluding carboxylic acids is 1. The zero-order chi connectivity index (χ0) is 13.5. The summed E-state index contributed by atoms with van der Waals surface area (Å²) in [6.07, 6.45) is 1.64. The topological polar surface area (TPSA) is 113 Å². The van der Waals surface area contributed by atoms with E-state index < -0.39 is 0 Å². The van der Waals surface area contributed by atoms with E-state index in [2.05, 4.69) is 20.1 Å². The molecule has 18 heavy (non-hydrogen) atoms. The maximum Gasteiger partial charge on any atom is 0.264 e. The molecule has 1 atom stereocenters. The molecule has 1 unspecified atom stereocenters. The number of amides is 1. The van der Waals surface area contributed by atoms with Gasteiger partial charge in [-0.15, -0.1) is 5.10 Å². The van der Waals surface area contributed by atoms with Crippen molar-refractivity contribution in [2.45, 2.75) is 26.7 Å². The van der Waals surface area contributed by atoms with Crippen LogP contribution in [0.3, 0.4) is 0 Å². The van der Waals surface area contributed by atoms with Crippen LogP contribution in [0.5, 0.6) is 0 Å². The van der Waals surface area contributed by atoms with Gasteiger partial charge < -0.3 is 16.3 Å². The zero-order valence-electron chi connectivity index (χ0n) is 10.4. The van der Waals surface area contributed by atoms with Crippen molar-refractivity contribution >= 4 is 23.3 Å². The Hall–Kier alpha value is -1.70. The Kier molecular flexibility index (Phi) is 5.50. The van der Waals surface area contributed by atoms with Crippen molar-refractivity contribution in [2.24, 2.45) is 16.8 Å². The third-order valence-corrected chi connectivity index (χ3v) is 3.20. The number of aromatic nitrogens is 2. The Labute approximate surface area is 109 Å². The minimum Gasteiger partial charge on any atom is -0.409 e. The lowest BCUT2D eigenvalue weighted by atomic mass is 10.1. The second-order valence-electron chi connectivity index (χ2n) is 3.93. The van der Waals surface area contributed by atoms with Gasteiger partial charge >= 0.3 is 0 Å². The fourth-order valence-corrected chi connectivity index (χ4v) is 1.94. The number of nitrogens with zero attached hydrogens (tertiary/aromatic N) is 3. The second kappa shape index (κ2) is 6.90. The minimum absolute atomic E-state index is 0.0894. The first-order valence-corrected chi connectivity index (χ1v) is 6.44. The molecule has 1 heterocycles. The van der Waals surface area contributed by atoms with Crippen LogP contribution in [-0.2, 0) is 6.42 Å². The maximum absolute atomic E-state index is 11.9. The van der Waals surface area contributed by atoms with E-state index in [9.17, 15) is 4.79 Å². The van der Waals surface area contributed by atoms with E-state index in [1.807, 2.05) is 6.92 Å². The number of rotatable bonds is 6. The predicted octanol–water partition coefficient (Wildman–Crippen LogP) is 0.603. The predicted molar refractivity (Wildman–Crippen MR) is 68.8 cm³/mol. The molecule has 1 amide bonds. The molecular formula is C10H17N5O2S. The van der Waals surface area contributed by atoms with Crippen LogP contribution in [0.2, 0.25) is 0 Å². The van der Waals surface area contributed by atoms with Crippen molar-refractivity contribution in [1.29, 1.82) is 0 Å². The molecule has 8 heteroatoms. The highest BCUT2D eigenvalue weighted by atomic mass is 32.1. The van der Waals surface area contributed by atoms with Crippen molar-refractivity contribution in [3.63, 3.8) is 0 Å². The molecule has 0 aromatic carbocycles. The Balaban J connectivity index is 2.57. The Bertz CT molecular complexity index is 432.